The molecule has 3 nitrogen and oxygen atoms in total. The second-order valence-electron chi connectivity index (χ2n) is 3.81. The topological polar surface area (TPSA) is 52.3 Å². The van der Waals surface area contributed by atoms with E-state index < -0.39 is 0 Å². The molecular formula is C14H12ClNO2. The Kier molecular flexibility index (Phi) is 3.53. The molecule has 0 bridgehead atoms. The van der Waals surface area contributed by atoms with Crippen molar-refractivity contribution in [1.82, 2.24) is 0 Å². The number of carbonyl (C=O) groups excluding carboxylic acids is 1. The van der Waals surface area contributed by atoms with Crippen LogP contribution in [0.4, 0.5) is 5.69 Å². The number of nitrogens with two attached hydrogens (primary N) is 1. The van der Waals surface area contributed by atoms with Gasteiger partial charge in [0.1, 0.15) is 0 Å². The zero-order valence-electron chi connectivity index (χ0n) is 9.81. The monoisotopic (exact) mass is 261 g/mol. The fourth-order valence-corrected chi connectivity index (χ4v) is 1.97. The molecule has 0 spiro atoms. The Hall–Kier alpha value is -2.00. The maximum Gasteiger partial charge on any atom is 0.337 e. The molecular weight excluding hydrogens is 250 g/mol. The number of methoxy groups -OCH3 is 1. The van der Waals surface area contributed by atoms with Gasteiger partial charge in [-0.1, -0.05) is 29.8 Å². The van der Waals surface area contributed by atoms with Crippen LogP contribution in [-0.4, -0.2) is 13.1 Å². The summed E-state index contributed by atoms with van der Waals surface area (Å²) in [6.07, 6.45) is 0. The average Bonchev–Trinajstić information content (AvgIpc) is 2.38. The quantitative estimate of drug-likeness (QED) is 0.666. The molecule has 0 radical (unpaired) electrons. The van der Waals surface area contributed by atoms with Crippen LogP contribution in [0.2, 0.25) is 5.02 Å². The fourth-order valence-electron chi connectivity index (χ4n) is 1.67. The lowest BCUT2D eigenvalue weighted by Crippen LogP contribution is -2.00. The zero-order valence-corrected chi connectivity index (χ0v) is 10.6. The van der Waals surface area contributed by atoms with Crippen LogP contribution >= 0.6 is 11.6 Å². The maximum absolute atomic E-state index is 11.3. The Morgan fingerprint density at radius 3 is 2.39 bits per heavy atom. The number of benzene rings is 2. The van der Waals surface area contributed by atoms with E-state index in [4.69, 9.17) is 17.3 Å². The summed E-state index contributed by atoms with van der Waals surface area (Å²) in [5, 5.41) is 0.584. The number of halogens is 1. The summed E-state index contributed by atoms with van der Waals surface area (Å²) >= 11 is 6.12. The highest BCUT2D eigenvalue weighted by Gasteiger charge is 2.07. The van der Waals surface area contributed by atoms with Gasteiger partial charge in [0.15, 0.2) is 0 Å². The number of ether oxygens (including phenoxy) is 1. The number of hydrogen-bond acceptors (Lipinski definition) is 3. The molecule has 92 valence electrons. The highest BCUT2D eigenvalue weighted by Crippen LogP contribution is 2.29. The van der Waals surface area contributed by atoms with Crippen molar-refractivity contribution in [3.8, 4) is 11.1 Å². The normalized spacial score (nSPS) is 10.1. The third-order valence-corrected chi connectivity index (χ3v) is 2.92. The lowest BCUT2D eigenvalue weighted by Gasteiger charge is -2.06. The first kappa shape index (κ1) is 12.5. The molecule has 0 saturated carbocycles. The van der Waals surface area contributed by atoms with Crippen molar-refractivity contribution in [3.05, 3.63) is 53.1 Å². The highest BCUT2D eigenvalue weighted by molar-refractivity contribution is 6.33. The van der Waals surface area contributed by atoms with E-state index >= 15 is 0 Å². The van der Waals surface area contributed by atoms with Crippen molar-refractivity contribution in [2.45, 2.75) is 0 Å². The molecule has 0 fully saturated rings. The number of esters is 1. The second kappa shape index (κ2) is 5.10. The van der Waals surface area contributed by atoms with Gasteiger partial charge in [0.2, 0.25) is 0 Å². The van der Waals surface area contributed by atoms with Crippen molar-refractivity contribution in [3.63, 3.8) is 0 Å². The first-order valence-electron chi connectivity index (χ1n) is 5.35. The molecule has 0 aliphatic heterocycles. The average molecular weight is 262 g/mol. The first-order valence-corrected chi connectivity index (χ1v) is 5.73. The third kappa shape index (κ3) is 2.46. The summed E-state index contributed by atoms with van der Waals surface area (Å²) in [6.45, 7) is 0. The Morgan fingerprint density at radius 2 is 1.83 bits per heavy atom. The van der Waals surface area contributed by atoms with Crippen molar-refractivity contribution in [2.75, 3.05) is 12.8 Å². The molecule has 2 aromatic rings. The highest BCUT2D eigenvalue weighted by atomic mass is 35.5. The van der Waals surface area contributed by atoms with Crippen molar-refractivity contribution >= 4 is 23.3 Å². The van der Waals surface area contributed by atoms with Crippen LogP contribution in [0.3, 0.4) is 0 Å². The van der Waals surface area contributed by atoms with E-state index in [0.717, 1.165) is 11.1 Å². The summed E-state index contributed by atoms with van der Waals surface area (Å²) in [5.41, 5.74) is 8.57. The van der Waals surface area contributed by atoms with Crippen LogP contribution in [0, 0.1) is 0 Å². The lowest BCUT2D eigenvalue weighted by molar-refractivity contribution is 0.0601. The molecule has 0 aliphatic rings. The van der Waals surface area contributed by atoms with Gasteiger partial charge < -0.3 is 10.5 Å². The summed E-state index contributed by atoms with van der Waals surface area (Å²) < 4.78 is 4.64. The number of anilines is 1. The predicted octanol–water partition coefficient (Wildman–Crippen LogP) is 3.38. The van der Waals surface area contributed by atoms with Gasteiger partial charge >= 0.3 is 5.97 Å². The zero-order chi connectivity index (χ0) is 13.1. The minimum Gasteiger partial charge on any atom is -0.465 e. The minimum atomic E-state index is -0.357. The van der Waals surface area contributed by atoms with Gasteiger partial charge in [0, 0.05) is 11.3 Å². The van der Waals surface area contributed by atoms with E-state index in [1.165, 1.54) is 7.11 Å². The number of nitrogen functional groups attached to an aromatic ring is 1. The lowest BCUT2D eigenvalue weighted by atomic mass is 10.0. The fraction of sp³-hybridized carbons (Fsp3) is 0.0714. The van der Waals surface area contributed by atoms with E-state index in [1.54, 1.807) is 24.3 Å². The predicted molar refractivity (Wildman–Crippen MR) is 72.6 cm³/mol. The second-order valence-corrected chi connectivity index (χ2v) is 4.22. The molecule has 0 aromatic heterocycles. The van der Waals surface area contributed by atoms with E-state index in [-0.39, 0.29) is 5.97 Å². The molecule has 4 heteroatoms. The molecule has 2 N–H and O–H groups in total. The Morgan fingerprint density at radius 1 is 1.17 bits per heavy atom. The van der Waals surface area contributed by atoms with Crippen LogP contribution < -0.4 is 5.73 Å². The molecule has 2 rings (SSSR count). The maximum atomic E-state index is 11.3. The molecule has 18 heavy (non-hydrogen) atoms. The molecule has 0 atom stereocenters. The van der Waals surface area contributed by atoms with E-state index in [9.17, 15) is 4.79 Å². The van der Waals surface area contributed by atoms with Gasteiger partial charge in [-0.05, 0) is 29.8 Å². The standard InChI is InChI=1S/C14H12ClNO2/c1-18-14(17)10-4-2-9(3-5-10)12-7-6-11(16)8-13(12)15/h2-8H,16H2,1H3. The number of hydrogen-bond donors (Lipinski definition) is 1. The van der Waals surface area contributed by atoms with Gasteiger partial charge in [-0.3, -0.25) is 0 Å². The van der Waals surface area contributed by atoms with Gasteiger partial charge in [-0.2, -0.15) is 0 Å². The first-order chi connectivity index (χ1) is 8.61. The largest absolute Gasteiger partial charge is 0.465 e. The summed E-state index contributed by atoms with van der Waals surface area (Å²) in [6, 6.07) is 12.4. The van der Waals surface area contributed by atoms with Gasteiger partial charge in [-0.15, -0.1) is 0 Å². The number of carbonyl (C=O) groups is 1. The summed E-state index contributed by atoms with van der Waals surface area (Å²) in [5.74, 6) is -0.357. The minimum absolute atomic E-state index is 0.357. The Balaban J connectivity index is 2.37. The van der Waals surface area contributed by atoms with E-state index in [1.807, 2.05) is 18.2 Å². The Labute approximate surface area is 110 Å². The molecule has 2 aromatic carbocycles. The van der Waals surface area contributed by atoms with Crippen LogP contribution in [0.1, 0.15) is 10.4 Å². The van der Waals surface area contributed by atoms with Crippen molar-refractivity contribution < 1.29 is 9.53 Å². The third-order valence-electron chi connectivity index (χ3n) is 2.61. The van der Waals surface area contributed by atoms with Crippen LogP contribution in [0.5, 0.6) is 0 Å². The summed E-state index contributed by atoms with van der Waals surface area (Å²) in [7, 11) is 1.35. The molecule has 0 saturated heterocycles. The van der Waals surface area contributed by atoms with Crippen LogP contribution in [0.15, 0.2) is 42.5 Å². The Bertz CT molecular complexity index is 579. The molecule has 0 aliphatic carbocycles. The molecule has 0 unspecified atom stereocenters. The SMILES string of the molecule is COC(=O)c1ccc(-c2ccc(N)cc2Cl)cc1. The van der Waals surface area contributed by atoms with E-state index in [2.05, 4.69) is 4.74 Å². The van der Waals surface area contributed by atoms with Crippen molar-refractivity contribution in [2.24, 2.45) is 0 Å². The molecule has 0 amide bonds. The van der Waals surface area contributed by atoms with Crippen LogP contribution in [0.25, 0.3) is 11.1 Å². The van der Waals surface area contributed by atoms with E-state index in [0.29, 0.717) is 16.3 Å². The smallest absolute Gasteiger partial charge is 0.337 e. The summed E-state index contributed by atoms with van der Waals surface area (Å²) in [4.78, 5) is 11.3. The molecule has 0 heterocycles. The van der Waals surface area contributed by atoms with Gasteiger partial charge in [0.25, 0.3) is 0 Å². The van der Waals surface area contributed by atoms with Crippen molar-refractivity contribution in [1.29, 1.82) is 0 Å². The van der Waals surface area contributed by atoms with Gasteiger partial charge in [0.05, 0.1) is 17.7 Å². The van der Waals surface area contributed by atoms with Crippen LogP contribution in [-0.2, 0) is 4.74 Å². The number of rotatable bonds is 2. The van der Waals surface area contributed by atoms with Gasteiger partial charge in [-0.25, -0.2) is 4.79 Å².